The zero-order valence-electron chi connectivity index (χ0n) is 8.65. The molecule has 0 aliphatic rings. The molecule has 0 unspecified atom stereocenters. The van der Waals surface area contributed by atoms with Crippen LogP contribution in [0.5, 0.6) is 0 Å². The molecular weight excluding hydrogens is 176 g/mol. The van der Waals surface area contributed by atoms with Gasteiger partial charge >= 0.3 is 0 Å². The summed E-state index contributed by atoms with van der Waals surface area (Å²) in [4.78, 5) is 4.24. The standard InChI is InChI=1S/C11H14N2O/c1-11(2,14)8-4-5-10-9(6-8)12-7-13(10)3/h4-7,14H,1-3H3. The summed E-state index contributed by atoms with van der Waals surface area (Å²) in [5, 5.41) is 9.82. The van der Waals surface area contributed by atoms with E-state index in [-0.39, 0.29) is 0 Å². The fourth-order valence-electron chi connectivity index (χ4n) is 1.52. The summed E-state index contributed by atoms with van der Waals surface area (Å²) in [5.41, 5.74) is 2.10. The molecule has 1 aromatic carbocycles. The molecule has 0 atom stereocenters. The van der Waals surface area contributed by atoms with Gasteiger partial charge in [0.2, 0.25) is 0 Å². The number of aryl methyl sites for hydroxylation is 1. The van der Waals surface area contributed by atoms with Gasteiger partial charge in [0, 0.05) is 7.05 Å². The molecule has 0 aliphatic carbocycles. The zero-order chi connectivity index (χ0) is 10.3. The number of benzene rings is 1. The summed E-state index contributed by atoms with van der Waals surface area (Å²) in [6, 6.07) is 5.84. The summed E-state index contributed by atoms with van der Waals surface area (Å²) < 4.78 is 1.96. The Balaban J connectivity index is 2.63. The van der Waals surface area contributed by atoms with Gasteiger partial charge < -0.3 is 9.67 Å². The van der Waals surface area contributed by atoms with Crippen molar-refractivity contribution in [2.75, 3.05) is 0 Å². The maximum absolute atomic E-state index is 9.82. The van der Waals surface area contributed by atoms with Crippen LogP contribution in [0.15, 0.2) is 24.5 Å². The second kappa shape index (κ2) is 2.82. The molecule has 0 amide bonds. The van der Waals surface area contributed by atoms with Gasteiger partial charge in [-0.3, -0.25) is 0 Å². The van der Waals surface area contributed by atoms with Crippen molar-refractivity contribution in [3.8, 4) is 0 Å². The molecular formula is C11H14N2O. The Labute approximate surface area is 83.0 Å². The van der Waals surface area contributed by atoms with E-state index in [1.807, 2.05) is 29.8 Å². The Morgan fingerprint density at radius 2 is 2.07 bits per heavy atom. The minimum atomic E-state index is -0.800. The van der Waals surface area contributed by atoms with E-state index in [0.717, 1.165) is 16.6 Å². The summed E-state index contributed by atoms with van der Waals surface area (Å²) >= 11 is 0. The zero-order valence-corrected chi connectivity index (χ0v) is 8.65. The Bertz CT molecular complexity index is 466. The van der Waals surface area contributed by atoms with Gasteiger partial charge in [-0.1, -0.05) is 6.07 Å². The van der Waals surface area contributed by atoms with Crippen molar-refractivity contribution in [3.63, 3.8) is 0 Å². The van der Waals surface area contributed by atoms with Crippen molar-refractivity contribution in [3.05, 3.63) is 30.1 Å². The number of hydrogen-bond donors (Lipinski definition) is 1. The van der Waals surface area contributed by atoms with E-state index in [9.17, 15) is 5.11 Å². The van der Waals surface area contributed by atoms with Gasteiger partial charge in [0.25, 0.3) is 0 Å². The lowest BCUT2D eigenvalue weighted by atomic mass is 9.98. The first-order chi connectivity index (χ1) is 6.48. The van der Waals surface area contributed by atoms with Crippen molar-refractivity contribution in [2.24, 2.45) is 7.05 Å². The SMILES string of the molecule is Cn1cnc2cc(C(C)(C)O)ccc21. The molecule has 74 valence electrons. The van der Waals surface area contributed by atoms with Crippen LogP contribution in [0.2, 0.25) is 0 Å². The van der Waals surface area contributed by atoms with Crippen LogP contribution in [-0.4, -0.2) is 14.7 Å². The maximum Gasteiger partial charge on any atom is 0.0955 e. The second-order valence-corrected chi connectivity index (χ2v) is 4.12. The molecule has 0 aliphatic heterocycles. The molecule has 1 N–H and O–H groups in total. The van der Waals surface area contributed by atoms with E-state index in [0.29, 0.717) is 0 Å². The van der Waals surface area contributed by atoms with Crippen LogP contribution in [0.1, 0.15) is 19.4 Å². The molecule has 14 heavy (non-hydrogen) atoms. The maximum atomic E-state index is 9.82. The van der Waals surface area contributed by atoms with E-state index < -0.39 is 5.60 Å². The highest BCUT2D eigenvalue weighted by molar-refractivity contribution is 5.76. The van der Waals surface area contributed by atoms with Crippen LogP contribution in [0.4, 0.5) is 0 Å². The van der Waals surface area contributed by atoms with Crippen LogP contribution in [0.25, 0.3) is 11.0 Å². The number of aliphatic hydroxyl groups is 1. The molecule has 0 radical (unpaired) electrons. The van der Waals surface area contributed by atoms with E-state index in [4.69, 9.17) is 0 Å². The molecule has 2 rings (SSSR count). The summed E-state index contributed by atoms with van der Waals surface area (Å²) in [5.74, 6) is 0. The van der Waals surface area contributed by atoms with Crippen molar-refractivity contribution in [2.45, 2.75) is 19.4 Å². The van der Waals surface area contributed by atoms with Gasteiger partial charge in [0.1, 0.15) is 0 Å². The molecule has 0 spiro atoms. The van der Waals surface area contributed by atoms with E-state index >= 15 is 0 Å². The Morgan fingerprint density at radius 1 is 1.36 bits per heavy atom. The molecule has 0 fully saturated rings. The van der Waals surface area contributed by atoms with Crippen LogP contribution in [-0.2, 0) is 12.6 Å². The van der Waals surface area contributed by atoms with Crippen molar-refractivity contribution in [1.82, 2.24) is 9.55 Å². The summed E-state index contributed by atoms with van der Waals surface area (Å²) in [6.45, 7) is 3.55. The number of imidazole rings is 1. The summed E-state index contributed by atoms with van der Waals surface area (Å²) in [7, 11) is 1.96. The van der Waals surface area contributed by atoms with E-state index in [2.05, 4.69) is 4.98 Å². The van der Waals surface area contributed by atoms with Crippen molar-refractivity contribution in [1.29, 1.82) is 0 Å². The molecule has 0 saturated carbocycles. The molecule has 1 aromatic heterocycles. The molecule has 3 heteroatoms. The van der Waals surface area contributed by atoms with Crippen LogP contribution in [0.3, 0.4) is 0 Å². The molecule has 3 nitrogen and oxygen atoms in total. The Morgan fingerprint density at radius 3 is 2.71 bits per heavy atom. The van der Waals surface area contributed by atoms with Gasteiger partial charge in [-0.15, -0.1) is 0 Å². The first kappa shape index (κ1) is 9.21. The molecule has 0 bridgehead atoms. The highest BCUT2D eigenvalue weighted by atomic mass is 16.3. The lowest BCUT2D eigenvalue weighted by molar-refractivity contribution is 0.0787. The number of hydrogen-bond acceptors (Lipinski definition) is 2. The largest absolute Gasteiger partial charge is 0.386 e. The number of nitrogens with zero attached hydrogens (tertiary/aromatic N) is 2. The minimum Gasteiger partial charge on any atom is -0.386 e. The fraction of sp³-hybridized carbons (Fsp3) is 0.364. The average molecular weight is 190 g/mol. The predicted molar refractivity (Wildman–Crippen MR) is 56.0 cm³/mol. The predicted octanol–water partition coefficient (Wildman–Crippen LogP) is 1.80. The molecule has 1 heterocycles. The quantitative estimate of drug-likeness (QED) is 0.744. The Hall–Kier alpha value is -1.35. The highest BCUT2D eigenvalue weighted by Gasteiger charge is 2.16. The lowest BCUT2D eigenvalue weighted by Gasteiger charge is -2.17. The number of rotatable bonds is 1. The van der Waals surface area contributed by atoms with Gasteiger partial charge in [0.15, 0.2) is 0 Å². The molecule has 2 aromatic rings. The van der Waals surface area contributed by atoms with Crippen LogP contribution < -0.4 is 0 Å². The third kappa shape index (κ3) is 1.40. The lowest BCUT2D eigenvalue weighted by Crippen LogP contribution is -2.15. The van der Waals surface area contributed by atoms with E-state index in [1.54, 1.807) is 20.2 Å². The molecule has 0 saturated heterocycles. The highest BCUT2D eigenvalue weighted by Crippen LogP contribution is 2.23. The Kier molecular flexibility index (Phi) is 1.86. The third-order valence-corrected chi connectivity index (χ3v) is 2.43. The average Bonchev–Trinajstić information content (AvgIpc) is 2.46. The first-order valence-electron chi connectivity index (χ1n) is 4.62. The minimum absolute atomic E-state index is 0.800. The normalized spacial score (nSPS) is 12.3. The summed E-state index contributed by atoms with van der Waals surface area (Å²) in [6.07, 6.45) is 1.78. The number of aromatic nitrogens is 2. The van der Waals surface area contributed by atoms with Gasteiger partial charge in [-0.2, -0.15) is 0 Å². The fourth-order valence-corrected chi connectivity index (χ4v) is 1.52. The van der Waals surface area contributed by atoms with E-state index in [1.165, 1.54) is 0 Å². The first-order valence-corrected chi connectivity index (χ1v) is 4.62. The van der Waals surface area contributed by atoms with Crippen LogP contribution in [0, 0.1) is 0 Å². The van der Waals surface area contributed by atoms with Gasteiger partial charge in [0.05, 0.1) is 23.0 Å². The topological polar surface area (TPSA) is 38.0 Å². The third-order valence-electron chi connectivity index (χ3n) is 2.43. The van der Waals surface area contributed by atoms with Crippen LogP contribution >= 0.6 is 0 Å². The van der Waals surface area contributed by atoms with Crippen molar-refractivity contribution < 1.29 is 5.11 Å². The smallest absolute Gasteiger partial charge is 0.0955 e. The van der Waals surface area contributed by atoms with Crippen molar-refractivity contribution >= 4 is 11.0 Å². The van der Waals surface area contributed by atoms with Gasteiger partial charge in [-0.25, -0.2) is 4.98 Å². The number of fused-ring (bicyclic) bond motifs is 1. The van der Waals surface area contributed by atoms with Gasteiger partial charge in [-0.05, 0) is 31.5 Å². The second-order valence-electron chi connectivity index (χ2n) is 4.12. The monoisotopic (exact) mass is 190 g/mol.